The molecule has 0 aliphatic carbocycles. The number of hydrogen-bond acceptors (Lipinski definition) is 4. The van der Waals surface area contributed by atoms with E-state index in [1.165, 1.54) is 22.5 Å². The summed E-state index contributed by atoms with van der Waals surface area (Å²) in [4.78, 5) is 0.0152. The van der Waals surface area contributed by atoms with E-state index in [9.17, 15) is 18.1 Å². The van der Waals surface area contributed by atoms with Crippen LogP contribution in [0, 0.1) is 24.1 Å². The summed E-state index contributed by atoms with van der Waals surface area (Å²) in [5, 5.41) is 9.29. The molecule has 0 amide bonds. The van der Waals surface area contributed by atoms with Gasteiger partial charge in [0, 0.05) is 12.6 Å². The van der Waals surface area contributed by atoms with Crippen LogP contribution in [0.2, 0.25) is 0 Å². The lowest BCUT2D eigenvalue weighted by Crippen LogP contribution is -2.31. The van der Waals surface area contributed by atoms with Gasteiger partial charge in [-0.25, -0.2) is 12.8 Å². The van der Waals surface area contributed by atoms with Crippen LogP contribution in [0.1, 0.15) is 17.5 Å². The fourth-order valence-electron chi connectivity index (χ4n) is 2.88. The van der Waals surface area contributed by atoms with Crippen LogP contribution in [0.25, 0.3) is 0 Å². The predicted octanol–water partition coefficient (Wildman–Crippen LogP) is 2.85. The molecule has 1 unspecified atom stereocenters. The number of rotatable bonds is 4. The molecule has 0 saturated carbocycles. The topological polar surface area (TPSA) is 70.4 Å². The molecule has 5 nitrogen and oxygen atoms in total. The van der Waals surface area contributed by atoms with Gasteiger partial charge in [0.05, 0.1) is 12.1 Å². The van der Waals surface area contributed by atoms with Crippen molar-refractivity contribution in [2.24, 2.45) is 0 Å². The third-order valence-corrected chi connectivity index (χ3v) is 6.08. The molecule has 1 heterocycles. The summed E-state index contributed by atoms with van der Waals surface area (Å²) < 4.78 is 46.0. The van der Waals surface area contributed by atoms with E-state index in [0.717, 1.165) is 0 Å². The van der Waals surface area contributed by atoms with E-state index in [0.29, 0.717) is 24.3 Å². The van der Waals surface area contributed by atoms with Crippen molar-refractivity contribution in [2.45, 2.75) is 24.3 Å². The first kappa shape index (κ1) is 17.4. The number of benzene rings is 2. The van der Waals surface area contributed by atoms with E-state index in [1.807, 2.05) is 6.07 Å². The van der Waals surface area contributed by atoms with Crippen molar-refractivity contribution in [3.63, 3.8) is 0 Å². The zero-order valence-electron chi connectivity index (χ0n) is 13.6. The second-order valence-electron chi connectivity index (χ2n) is 5.91. The van der Waals surface area contributed by atoms with Gasteiger partial charge < -0.3 is 4.74 Å². The van der Waals surface area contributed by atoms with Crippen molar-refractivity contribution in [1.82, 2.24) is 4.31 Å². The van der Waals surface area contributed by atoms with Crippen LogP contribution >= 0.6 is 0 Å². The molecule has 1 aliphatic heterocycles. The molecule has 0 N–H and O–H groups in total. The Morgan fingerprint density at radius 2 is 2.04 bits per heavy atom. The third-order valence-electron chi connectivity index (χ3n) is 4.17. The summed E-state index contributed by atoms with van der Waals surface area (Å²) >= 11 is 0. The second-order valence-corrected chi connectivity index (χ2v) is 7.82. The van der Waals surface area contributed by atoms with Gasteiger partial charge in [-0.05, 0) is 37.1 Å². The Morgan fingerprint density at radius 1 is 1.28 bits per heavy atom. The maximum absolute atomic E-state index is 13.2. The van der Waals surface area contributed by atoms with Gasteiger partial charge in [-0.2, -0.15) is 9.57 Å². The Hall–Kier alpha value is -2.43. The molecule has 2 aromatic rings. The summed E-state index contributed by atoms with van der Waals surface area (Å²) in [5.74, 6) is -0.0316. The Balaban J connectivity index is 1.80. The molecular formula is C18H17FN2O3S. The summed E-state index contributed by atoms with van der Waals surface area (Å²) in [5.41, 5.74) is 0.785. The smallest absolute Gasteiger partial charge is 0.244 e. The third kappa shape index (κ3) is 3.50. The van der Waals surface area contributed by atoms with Crippen LogP contribution in [0.15, 0.2) is 47.4 Å². The molecule has 1 aliphatic rings. The van der Waals surface area contributed by atoms with E-state index < -0.39 is 15.8 Å². The van der Waals surface area contributed by atoms with Gasteiger partial charge in [0.15, 0.2) is 0 Å². The molecule has 130 valence electrons. The van der Waals surface area contributed by atoms with E-state index in [2.05, 4.69) is 0 Å². The van der Waals surface area contributed by atoms with Crippen LogP contribution in [-0.2, 0) is 10.0 Å². The van der Waals surface area contributed by atoms with Crippen molar-refractivity contribution in [2.75, 3.05) is 13.1 Å². The lowest BCUT2D eigenvalue weighted by atomic mass is 10.1. The second kappa shape index (κ2) is 6.82. The van der Waals surface area contributed by atoms with E-state index in [-0.39, 0.29) is 23.1 Å². The largest absolute Gasteiger partial charge is 0.489 e. The average molecular weight is 360 g/mol. The minimum Gasteiger partial charge on any atom is -0.489 e. The minimum absolute atomic E-state index is 0.0152. The molecule has 1 saturated heterocycles. The monoisotopic (exact) mass is 360 g/mol. The number of halogens is 1. The van der Waals surface area contributed by atoms with Crippen molar-refractivity contribution < 1.29 is 17.5 Å². The van der Waals surface area contributed by atoms with Crippen LogP contribution in [-0.4, -0.2) is 31.9 Å². The van der Waals surface area contributed by atoms with Crippen LogP contribution in [0.4, 0.5) is 4.39 Å². The maximum atomic E-state index is 13.2. The van der Waals surface area contributed by atoms with Crippen LogP contribution in [0.5, 0.6) is 5.75 Å². The molecule has 2 aromatic carbocycles. The van der Waals surface area contributed by atoms with E-state index >= 15 is 0 Å². The van der Waals surface area contributed by atoms with Gasteiger partial charge in [0.2, 0.25) is 10.0 Å². The van der Waals surface area contributed by atoms with E-state index in [1.54, 1.807) is 31.2 Å². The Morgan fingerprint density at radius 3 is 2.76 bits per heavy atom. The summed E-state index contributed by atoms with van der Waals surface area (Å²) in [6.45, 7) is 2.16. The van der Waals surface area contributed by atoms with Crippen molar-refractivity contribution in [3.8, 4) is 11.8 Å². The number of aryl methyl sites for hydroxylation is 1. The standard InChI is InChI=1S/C18H17FN2O3S/c1-13-4-2-7-18(17(13)11-20)25(22,23)21-9-8-16(12-21)24-15-6-3-5-14(19)10-15/h2-7,10,16H,8-9,12H2,1H3. The SMILES string of the molecule is Cc1cccc(S(=O)(=O)N2CCC(Oc3cccc(F)c3)C2)c1C#N. The Bertz CT molecular complexity index is 938. The Kier molecular flexibility index (Phi) is 4.75. The summed E-state index contributed by atoms with van der Waals surface area (Å²) in [6.07, 6.45) is 0.149. The van der Waals surface area contributed by atoms with Gasteiger partial charge in [-0.3, -0.25) is 0 Å². The predicted molar refractivity (Wildman–Crippen MR) is 90.1 cm³/mol. The lowest BCUT2D eigenvalue weighted by molar-refractivity contribution is 0.214. The fraction of sp³-hybridized carbons (Fsp3) is 0.278. The summed E-state index contributed by atoms with van der Waals surface area (Å²) in [6, 6.07) is 12.5. The molecule has 0 spiro atoms. The van der Waals surface area contributed by atoms with Gasteiger partial charge in [0.25, 0.3) is 0 Å². The highest BCUT2D eigenvalue weighted by Gasteiger charge is 2.35. The molecule has 25 heavy (non-hydrogen) atoms. The van der Waals surface area contributed by atoms with E-state index in [4.69, 9.17) is 4.74 Å². The molecule has 3 rings (SSSR count). The Labute approximate surface area is 146 Å². The fourth-order valence-corrected chi connectivity index (χ4v) is 4.58. The van der Waals surface area contributed by atoms with Gasteiger partial charge in [-0.1, -0.05) is 18.2 Å². The number of nitriles is 1. The van der Waals surface area contributed by atoms with Crippen molar-refractivity contribution >= 4 is 10.0 Å². The average Bonchev–Trinajstić information content (AvgIpc) is 3.04. The van der Waals surface area contributed by atoms with Crippen LogP contribution < -0.4 is 4.74 Å². The van der Waals surface area contributed by atoms with Crippen molar-refractivity contribution in [3.05, 3.63) is 59.4 Å². The molecule has 1 fully saturated rings. The number of nitrogens with zero attached hydrogens (tertiary/aromatic N) is 2. The molecule has 1 atom stereocenters. The molecular weight excluding hydrogens is 343 g/mol. The first-order valence-electron chi connectivity index (χ1n) is 7.84. The zero-order chi connectivity index (χ0) is 18.0. The first-order chi connectivity index (χ1) is 11.9. The van der Waals surface area contributed by atoms with Gasteiger partial charge >= 0.3 is 0 Å². The normalized spacial score (nSPS) is 18.0. The highest BCUT2D eigenvalue weighted by atomic mass is 32.2. The molecule has 0 aromatic heterocycles. The quantitative estimate of drug-likeness (QED) is 0.841. The number of sulfonamides is 1. The zero-order valence-corrected chi connectivity index (χ0v) is 14.5. The van der Waals surface area contributed by atoms with Crippen molar-refractivity contribution in [1.29, 1.82) is 5.26 Å². The van der Waals surface area contributed by atoms with Gasteiger partial charge in [-0.15, -0.1) is 0 Å². The highest BCUT2D eigenvalue weighted by molar-refractivity contribution is 7.89. The molecule has 0 bridgehead atoms. The first-order valence-corrected chi connectivity index (χ1v) is 9.28. The molecule has 0 radical (unpaired) electrons. The maximum Gasteiger partial charge on any atom is 0.244 e. The number of hydrogen-bond donors (Lipinski definition) is 0. The minimum atomic E-state index is -3.78. The lowest BCUT2D eigenvalue weighted by Gasteiger charge is -2.18. The highest BCUT2D eigenvalue weighted by Crippen LogP contribution is 2.27. The summed E-state index contributed by atoms with van der Waals surface area (Å²) in [7, 11) is -3.78. The van der Waals surface area contributed by atoms with Gasteiger partial charge in [0.1, 0.15) is 28.6 Å². The molecule has 7 heteroatoms. The van der Waals surface area contributed by atoms with Crippen LogP contribution in [0.3, 0.4) is 0 Å². The number of ether oxygens (including phenoxy) is 1.